The van der Waals surface area contributed by atoms with Crippen LogP contribution in [0.15, 0.2) is 194 Å². The van der Waals surface area contributed by atoms with Gasteiger partial charge in [-0.15, -0.1) is 0 Å². The van der Waals surface area contributed by atoms with E-state index in [0.29, 0.717) is 0 Å². The summed E-state index contributed by atoms with van der Waals surface area (Å²) >= 11 is 0. The molecule has 8 aromatic carbocycles. The van der Waals surface area contributed by atoms with E-state index in [0.717, 1.165) is 25.7 Å². The van der Waals surface area contributed by atoms with Gasteiger partial charge in [-0.1, -0.05) is 155 Å². The summed E-state index contributed by atoms with van der Waals surface area (Å²) in [5, 5.41) is 5.40. The van der Waals surface area contributed by atoms with Gasteiger partial charge in [0.1, 0.15) is 28.2 Å². The first-order valence-corrected chi connectivity index (χ1v) is 32.4. The van der Waals surface area contributed by atoms with Crippen molar-refractivity contribution in [1.29, 1.82) is 0 Å². The van der Waals surface area contributed by atoms with Crippen LogP contribution in [0.2, 0.25) is 0 Å². The number of benzene rings is 8. The van der Waals surface area contributed by atoms with Crippen molar-refractivity contribution < 1.29 is 18.3 Å². The number of nitrogens with zero attached hydrogens (tertiary/aromatic N) is 4. The second-order valence-electron chi connectivity index (χ2n) is 24.8. The molecule has 0 saturated carbocycles. The molecule has 0 aliphatic heterocycles. The average Bonchev–Trinajstić information content (AvgIpc) is 1.44. The zero-order chi connectivity index (χ0) is 62.8. The number of pyridine rings is 4. The third-order valence-corrected chi connectivity index (χ3v) is 18.0. The fraction of sp³-hybridized carbons (Fsp3) is 0.286. The number of hydrogen-bond donors (Lipinski definition) is 0. The summed E-state index contributed by atoms with van der Waals surface area (Å²) in [5.74, 6) is 0. The molecule has 12 aromatic rings. The second-order valence-corrected chi connectivity index (χ2v) is 24.8. The van der Waals surface area contributed by atoms with Crippen LogP contribution >= 0.6 is 0 Å². The van der Waals surface area contributed by atoms with Gasteiger partial charge < -0.3 is 0 Å². The van der Waals surface area contributed by atoms with Gasteiger partial charge in [-0.25, -0.2) is 0 Å². The predicted octanol–water partition coefficient (Wildman–Crippen LogP) is 19.6. The molecule has 4 heteroatoms. The molecule has 4 heterocycles. The summed E-state index contributed by atoms with van der Waals surface area (Å²) in [6, 6.07) is 71.6. The molecule has 0 atom stereocenters. The average molecular weight is 1160 g/mol. The molecule has 12 rings (SSSR count). The molecule has 448 valence electrons. The first kappa shape index (κ1) is 63.9. The Kier molecular flexibility index (Phi) is 21.0. The second kappa shape index (κ2) is 28.9. The summed E-state index contributed by atoms with van der Waals surface area (Å²) in [7, 11) is 8.68. The molecule has 4 nitrogen and oxygen atoms in total. The monoisotopic (exact) mass is 1160 g/mol. The highest BCUT2D eigenvalue weighted by atomic mass is 15.0. The van der Waals surface area contributed by atoms with Gasteiger partial charge in [-0.3, -0.25) is 0 Å². The standard InChI is InChI=1S/C22H26N.2C21H24N.C20H22N/c1-6-8-18-9-7-10-21-19(18)11-12-22(23(21)5)20-14-15(2)13-16(3)17(20)4;1-5-7-17-8-6-9-20-18(17)12-13-21(22(20)4)19-14-15(2)10-11-16(19)3;1-5-6-17-9-11-20-18(14-17)10-12-21(22(20)4)19-13-15(2)7-8-16(19)3;1-4-7-16-10-12-19-17(14-16)11-13-20(21(19)3)18-9-6-5-8-15(18)2/h7,9-14H,6,8H2,1-5H3;6,8-14H,5,7H2,1-4H3;7-14H,5-6H2,1-4H3;5-6,8-14H,4,7H2,1-3H3/q4*+1. The highest BCUT2D eigenvalue weighted by Gasteiger charge is 2.21. The number of hydrogen-bond acceptors (Lipinski definition) is 0. The van der Waals surface area contributed by atoms with Crippen molar-refractivity contribution in [2.75, 3.05) is 0 Å². The topological polar surface area (TPSA) is 15.5 Å². The van der Waals surface area contributed by atoms with Crippen LogP contribution in [-0.4, -0.2) is 0 Å². The van der Waals surface area contributed by atoms with Crippen molar-refractivity contribution in [2.45, 2.75) is 134 Å². The Balaban J connectivity index is 0.000000140. The Morgan fingerprint density at radius 1 is 0.273 bits per heavy atom. The van der Waals surface area contributed by atoms with Crippen LogP contribution in [0, 0.1) is 55.4 Å². The van der Waals surface area contributed by atoms with Gasteiger partial charge in [0.15, 0.2) is 0 Å². The first-order valence-electron chi connectivity index (χ1n) is 32.4. The fourth-order valence-corrected chi connectivity index (χ4v) is 13.0. The van der Waals surface area contributed by atoms with Gasteiger partial charge in [-0.2, -0.15) is 18.3 Å². The lowest BCUT2D eigenvalue weighted by molar-refractivity contribution is -0.633. The number of aryl methyl sites for hydroxylation is 15. The summed E-state index contributed by atoms with van der Waals surface area (Å²) in [4.78, 5) is 0. The van der Waals surface area contributed by atoms with E-state index in [2.05, 4.69) is 324 Å². The van der Waals surface area contributed by atoms with Crippen LogP contribution in [0.3, 0.4) is 0 Å². The van der Waals surface area contributed by atoms with Crippen molar-refractivity contribution in [3.8, 4) is 45.0 Å². The van der Waals surface area contributed by atoms with E-state index < -0.39 is 0 Å². The van der Waals surface area contributed by atoms with Gasteiger partial charge in [-0.05, 0) is 192 Å². The molecule has 0 radical (unpaired) electrons. The Labute approximate surface area is 527 Å². The van der Waals surface area contributed by atoms with E-state index in [-0.39, 0.29) is 0 Å². The van der Waals surface area contributed by atoms with Crippen LogP contribution in [0.4, 0.5) is 0 Å². The Morgan fingerprint density at radius 2 is 0.670 bits per heavy atom. The van der Waals surface area contributed by atoms with Gasteiger partial charge in [0.05, 0.1) is 0 Å². The maximum atomic E-state index is 2.34. The molecule has 0 fully saturated rings. The predicted molar refractivity (Wildman–Crippen MR) is 376 cm³/mol. The minimum absolute atomic E-state index is 1.14. The zero-order valence-corrected chi connectivity index (χ0v) is 55.9. The van der Waals surface area contributed by atoms with E-state index in [9.17, 15) is 0 Å². The maximum absolute atomic E-state index is 2.34. The van der Waals surface area contributed by atoms with E-state index in [1.807, 2.05) is 0 Å². The molecule has 0 aliphatic carbocycles. The summed E-state index contributed by atoms with van der Waals surface area (Å²) in [5.41, 5.74) is 32.0. The Morgan fingerprint density at radius 3 is 1.12 bits per heavy atom. The summed E-state index contributed by atoms with van der Waals surface area (Å²) < 4.78 is 9.28. The first-order chi connectivity index (χ1) is 42.4. The quantitative estimate of drug-likeness (QED) is 0.108. The highest BCUT2D eigenvalue weighted by molar-refractivity contribution is 5.84. The third-order valence-electron chi connectivity index (χ3n) is 18.0. The fourth-order valence-electron chi connectivity index (χ4n) is 13.0. The molecular weight excluding hydrogens is 1060 g/mol. The van der Waals surface area contributed by atoms with E-state index in [1.165, 1.54) is 181 Å². The number of rotatable bonds is 12. The SMILES string of the molecule is CCCc1ccc2c(ccc(-c3cc(C)ccc3C)[n+]2C)c1.CCCc1ccc2c(ccc(-c3ccccc3C)[n+]2C)c1.CCCc1cccc2c1ccc(-c1cc(C)cc(C)c1C)[n+]2C.CCCc1cccc2c1ccc(-c1cc(C)ccc1C)[n+]2C. The molecule has 0 unspecified atom stereocenters. The maximum Gasteiger partial charge on any atom is 0.213 e. The largest absolute Gasteiger partial charge is 0.213 e. The summed E-state index contributed by atoms with van der Waals surface area (Å²) in [6.07, 6.45) is 9.33. The van der Waals surface area contributed by atoms with Crippen molar-refractivity contribution >= 4 is 43.6 Å². The van der Waals surface area contributed by atoms with Gasteiger partial charge in [0, 0.05) is 92.3 Å². The molecule has 0 spiro atoms. The number of fused-ring (bicyclic) bond motifs is 4. The Bertz CT molecular complexity index is 4460. The molecular formula is C84H96N4+4. The zero-order valence-electron chi connectivity index (χ0n) is 55.9. The van der Waals surface area contributed by atoms with E-state index >= 15 is 0 Å². The molecule has 0 saturated heterocycles. The summed E-state index contributed by atoms with van der Waals surface area (Å²) in [6.45, 7) is 26.4. The van der Waals surface area contributed by atoms with Crippen LogP contribution in [0.5, 0.6) is 0 Å². The van der Waals surface area contributed by atoms with Gasteiger partial charge in [0.2, 0.25) is 44.8 Å². The normalized spacial score (nSPS) is 11.1. The smallest absolute Gasteiger partial charge is 0.194 e. The lowest BCUT2D eigenvalue weighted by Gasteiger charge is -2.11. The Hall–Kier alpha value is -8.60. The van der Waals surface area contributed by atoms with Gasteiger partial charge >= 0.3 is 0 Å². The molecule has 0 amide bonds. The van der Waals surface area contributed by atoms with Crippen LogP contribution < -0.4 is 18.3 Å². The van der Waals surface area contributed by atoms with Crippen LogP contribution in [0.1, 0.15) is 120 Å². The van der Waals surface area contributed by atoms with E-state index in [1.54, 1.807) is 0 Å². The lowest BCUT2D eigenvalue weighted by Crippen LogP contribution is -2.32. The van der Waals surface area contributed by atoms with Crippen LogP contribution in [0.25, 0.3) is 88.6 Å². The van der Waals surface area contributed by atoms with Crippen LogP contribution in [-0.2, 0) is 53.9 Å². The third kappa shape index (κ3) is 14.2. The van der Waals surface area contributed by atoms with Crippen molar-refractivity contribution in [2.24, 2.45) is 28.2 Å². The molecule has 0 bridgehead atoms. The highest BCUT2D eigenvalue weighted by Crippen LogP contribution is 2.30. The molecule has 88 heavy (non-hydrogen) atoms. The van der Waals surface area contributed by atoms with Crippen molar-refractivity contribution in [3.63, 3.8) is 0 Å². The van der Waals surface area contributed by atoms with E-state index in [4.69, 9.17) is 0 Å². The molecule has 0 N–H and O–H groups in total. The lowest BCUT2D eigenvalue weighted by atomic mass is 9.96. The van der Waals surface area contributed by atoms with Crippen molar-refractivity contribution in [1.82, 2.24) is 0 Å². The number of aromatic nitrogens is 4. The minimum atomic E-state index is 1.14. The van der Waals surface area contributed by atoms with Crippen molar-refractivity contribution in [3.05, 3.63) is 261 Å². The van der Waals surface area contributed by atoms with Gasteiger partial charge in [0.25, 0.3) is 0 Å². The molecule has 4 aromatic heterocycles. The minimum Gasteiger partial charge on any atom is -0.194 e. The molecule has 0 aliphatic rings.